The van der Waals surface area contributed by atoms with Crippen LogP contribution in [0.2, 0.25) is 0 Å². The van der Waals surface area contributed by atoms with Crippen LogP contribution < -0.4 is 5.32 Å². The minimum Gasteiger partial charge on any atom is -0.363 e. The van der Waals surface area contributed by atoms with E-state index < -0.39 is 5.41 Å². The van der Waals surface area contributed by atoms with E-state index in [9.17, 15) is 5.26 Å². The molecule has 0 bridgehead atoms. The molecule has 3 atom stereocenters. The summed E-state index contributed by atoms with van der Waals surface area (Å²) in [5.41, 5.74) is 13.9. The van der Waals surface area contributed by atoms with Gasteiger partial charge in [-0.1, -0.05) is 158 Å². The molecule has 10 rings (SSSR count). The first-order chi connectivity index (χ1) is 26.7. The molecule has 0 saturated carbocycles. The first-order valence-electron chi connectivity index (χ1n) is 18.8. The molecule has 54 heavy (non-hydrogen) atoms. The highest BCUT2D eigenvalue weighted by Gasteiger charge is 2.50. The van der Waals surface area contributed by atoms with E-state index in [2.05, 4.69) is 164 Å². The lowest BCUT2D eigenvalue weighted by molar-refractivity contribution is 0.311. The minimum absolute atomic E-state index is 0.0431. The molecule has 0 aromatic heterocycles. The maximum atomic E-state index is 9.30. The number of nitrogens with one attached hydrogen (secondary N) is 1. The van der Waals surface area contributed by atoms with E-state index in [-0.39, 0.29) is 18.0 Å². The van der Waals surface area contributed by atoms with Gasteiger partial charge in [-0.05, 0) is 92.4 Å². The molecule has 1 aliphatic carbocycles. The Balaban J connectivity index is 1.14. The molecule has 3 aliphatic rings. The second-order valence-electron chi connectivity index (χ2n) is 14.5. The van der Waals surface area contributed by atoms with Gasteiger partial charge in [-0.3, -0.25) is 4.99 Å². The monoisotopic (exact) mass is 711 g/mol. The largest absolute Gasteiger partial charge is 0.363 e. The molecular weight excluding hydrogens is 675 g/mol. The van der Waals surface area contributed by atoms with Gasteiger partial charge in [0.15, 0.2) is 0 Å². The summed E-state index contributed by atoms with van der Waals surface area (Å²) in [7, 11) is 0. The summed E-state index contributed by atoms with van der Waals surface area (Å²) in [6.45, 7) is 2.28. The number of hydrogen-bond donors (Lipinski definition) is 1. The van der Waals surface area contributed by atoms with Crippen molar-refractivity contribution in [2.75, 3.05) is 0 Å². The lowest BCUT2D eigenvalue weighted by Gasteiger charge is -2.40. The molecule has 3 nitrogen and oxygen atoms in total. The third-order valence-corrected chi connectivity index (χ3v) is 12.9. The van der Waals surface area contributed by atoms with Crippen LogP contribution in [0.4, 0.5) is 0 Å². The van der Waals surface area contributed by atoms with Gasteiger partial charge in [0.1, 0.15) is 5.84 Å². The molecule has 2 heterocycles. The minimum atomic E-state index is -0.443. The Morgan fingerprint density at radius 2 is 1.17 bits per heavy atom. The van der Waals surface area contributed by atoms with Gasteiger partial charge in [0.25, 0.3) is 0 Å². The molecule has 7 aromatic rings. The summed E-state index contributed by atoms with van der Waals surface area (Å²) >= 11 is 1.88. The van der Waals surface area contributed by atoms with E-state index in [1.165, 1.54) is 54.3 Å². The molecule has 7 aromatic carbocycles. The number of rotatable bonds is 5. The molecule has 258 valence electrons. The fourth-order valence-corrected chi connectivity index (χ4v) is 10.4. The smallest absolute Gasteiger partial charge is 0.129 e. The molecule has 0 fully saturated rings. The Labute approximate surface area is 321 Å². The van der Waals surface area contributed by atoms with Gasteiger partial charge in [0, 0.05) is 21.3 Å². The van der Waals surface area contributed by atoms with Crippen LogP contribution in [0, 0.1) is 17.2 Å². The van der Waals surface area contributed by atoms with Crippen molar-refractivity contribution in [3.05, 3.63) is 214 Å². The number of fused-ring (bicyclic) bond motifs is 9. The zero-order valence-electron chi connectivity index (χ0n) is 29.9. The van der Waals surface area contributed by atoms with Crippen molar-refractivity contribution in [3.8, 4) is 28.3 Å². The summed E-state index contributed by atoms with van der Waals surface area (Å²) in [5.74, 6) is 1.17. The van der Waals surface area contributed by atoms with Gasteiger partial charge in [0.2, 0.25) is 0 Å². The number of nitriles is 1. The highest BCUT2D eigenvalue weighted by Crippen LogP contribution is 2.62. The van der Waals surface area contributed by atoms with Gasteiger partial charge in [-0.15, -0.1) is 0 Å². The van der Waals surface area contributed by atoms with Gasteiger partial charge < -0.3 is 5.32 Å². The Bertz CT molecular complexity index is 2570. The molecule has 0 radical (unpaired) electrons. The Kier molecular flexibility index (Phi) is 7.86. The second-order valence-corrected chi connectivity index (χ2v) is 15.6. The highest BCUT2D eigenvalue weighted by molar-refractivity contribution is 7.99. The molecule has 1 spiro atoms. The molecule has 4 heteroatoms. The Morgan fingerprint density at radius 1 is 0.593 bits per heavy atom. The predicted molar refractivity (Wildman–Crippen MR) is 220 cm³/mol. The fourth-order valence-electron chi connectivity index (χ4n) is 9.25. The normalized spacial score (nSPS) is 18.7. The van der Waals surface area contributed by atoms with Crippen LogP contribution in [0.1, 0.15) is 69.9 Å². The topological polar surface area (TPSA) is 48.2 Å². The van der Waals surface area contributed by atoms with Crippen molar-refractivity contribution in [2.24, 2.45) is 10.9 Å². The second kappa shape index (κ2) is 13.1. The van der Waals surface area contributed by atoms with E-state index in [1.807, 2.05) is 36.0 Å². The summed E-state index contributed by atoms with van der Waals surface area (Å²) in [6, 6.07) is 63.8. The van der Waals surface area contributed by atoms with E-state index in [0.29, 0.717) is 5.56 Å². The average molecular weight is 712 g/mol. The van der Waals surface area contributed by atoms with Crippen molar-refractivity contribution in [3.63, 3.8) is 0 Å². The SMILES string of the molecule is CCC1C(c2ccc(-c3ccc(C#N)cc3)cc2)N=C(c2ccc3c(c2)C2(c4ccccc4Sc4ccccc42)c2ccccc2-3)NC1c1ccccc1. The molecule has 1 N–H and O–H groups in total. The van der Waals surface area contributed by atoms with Crippen molar-refractivity contribution in [1.82, 2.24) is 5.32 Å². The summed E-state index contributed by atoms with van der Waals surface area (Å²) in [4.78, 5) is 8.24. The Morgan fingerprint density at radius 3 is 1.83 bits per heavy atom. The summed E-state index contributed by atoms with van der Waals surface area (Å²) < 4.78 is 0. The number of nitrogens with zero attached hydrogens (tertiary/aromatic N) is 2. The van der Waals surface area contributed by atoms with Crippen LogP contribution in [0.15, 0.2) is 185 Å². The number of benzene rings is 7. The standard InChI is InChI=1S/C50H37N3S/c1-2-38-47(35-12-4-3-5-13-35)52-49(53-48(38)36-26-24-34(25-27-36)33-22-20-32(31-51)21-23-33)37-28-29-40-39-14-6-7-15-41(39)50(44(40)30-37)42-16-8-10-18-45(42)54-46-19-11-9-17-43(46)50/h3-30,38,47-48H,2H2,1H3,(H,52,53). The molecular formula is C50H37N3S. The van der Waals surface area contributed by atoms with Crippen molar-refractivity contribution < 1.29 is 0 Å². The third kappa shape index (κ3) is 5.00. The van der Waals surface area contributed by atoms with Crippen LogP contribution >= 0.6 is 11.8 Å². The van der Waals surface area contributed by atoms with Crippen molar-refractivity contribution >= 4 is 17.6 Å². The van der Waals surface area contributed by atoms with Crippen molar-refractivity contribution in [2.45, 2.75) is 40.6 Å². The van der Waals surface area contributed by atoms with Crippen molar-refractivity contribution in [1.29, 1.82) is 5.26 Å². The van der Waals surface area contributed by atoms with E-state index in [4.69, 9.17) is 4.99 Å². The number of hydrogen-bond acceptors (Lipinski definition) is 4. The van der Waals surface area contributed by atoms with E-state index >= 15 is 0 Å². The van der Waals surface area contributed by atoms with Gasteiger partial charge in [-0.25, -0.2) is 0 Å². The third-order valence-electron chi connectivity index (χ3n) is 11.7. The van der Waals surface area contributed by atoms with Gasteiger partial charge >= 0.3 is 0 Å². The zero-order valence-corrected chi connectivity index (χ0v) is 30.7. The summed E-state index contributed by atoms with van der Waals surface area (Å²) in [5, 5.41) is 13.3. The zero-order chi connectivity index (χ0) is 36.2. The van der Waals surface area contributed by atoms with Crippen LogP contribution in [0.3, 0.4) is 0 Å². The number of aliphatic imine (C=N–C) groups is 1. The lowest BCUT2D eigenvalue weighted by atomic mass is 9.67. The highest BCUT2D eigenvalue weighted by atomic mass is 32.2. The first kappa shape index (κ1) is 32.5. The quantitative estimate of drug-likeness (QED) is 0.193. The molecule has 3 unspecified atom stereocenters. The predicted octanol–water partition coefficient (Wildman–Crippen LogP) is 11.9. The first-order valence-corrected chi connectivity index (χ1v) is 19.6. The lowest BCUT2D eigenvalue weighted by Crippen LogP contribution is -2.41. The van der Waals surface area contributed by atoms with Gasteiger partial charge in [0.05, 0.1) is 29.1 Å². The Hall–Kier alpha value is -6.15. The fraction of sp³-hybridized carbons (Fsp3) is 0.120. The summed E-state index contributed by atoms with van der Waals surface area (Å²) in [6.07, 6.45) is 0.971. The maximum absolute atomic E-state index is 9.30. The molecule has 0 saturated heterocycles. The van der Waals surface area contributed by atoms with Crippen LogP contribution in [-0.2, 0) is 5.41 Å². The molecule has 2 aliphatic heterocycles. The van der Waals surface area contributed by atoms with E-state index in [0.717, 1.165) is 28.9 Å². The maximum Gasteiger partial charge on any atom is 0.129 e. The number of amidine groups is 1. The average Bonchev–Trinajstić information content (AvgIpc) is 3.53. The van der Waals surface area contributed by atoms with Crippen LogP contribution in [0.5, 0.6) is 0 Å². The van der Waals surface area contributed by atoms with E-state index in [1.54, 1.807) is 0 Å². The van der Waals surface area contributed by atoms with Gasteiger partial charge in [-0.2, -0.15) is 5.26 Å². The van der Waals surface area contributed by atoms with Crippen LogP contribution in [0.25, 0.3) is 22.3 Å². The van der Waals surface area contributed by atoms with Crippen LogP contribution in [-0.4, -0.2) is 5.84 Å². The molecule has 0 amide bonds.